The molecule has 1 amide bonds. The van der Waals surface area contributed by atoms with Gasteiger partial charge in [0.2, 0.25) is 5.91 Å². The van der Waals surface area contributed by atoms with E-state index >= 15 is 0 Å². The first-order chi connectivity index (χ1) is 12.3. The fourth-order valence-corrected chi connectivity index (χ4v) is 2.46. The van der Waals surface area contributed by atoms with Crippen LogP contribution in [0, 0.1) is 0 Å². The minimum atomic E-state index is -4.44. The molecule has 1 aromatic heterocycles. The zero-order valence-electron chi connectivity index (χ0n) is 13.7. The molecule has 0 saturated carbocycles. The molecule has 0 aliphatic carbocycles. The van der Waals surface area contributed by atoms with Crippen LogP contribution in [0.15, 0.2) is 48.5 Å². The summed E-state index contributed by atoms with van der Waals surface area (Å²) >= 11 is 0. The Morgan fingerprint density at radius 3 is 2.62 bits per heavy atom. The number of anilines is 1. The number of halogens is 3. The highest BCUT2D eigenvalue weighted by atomic mass is 19.4. The fourth-order valence-electron chi connectivity index (χ4n) is 2.46. The number of benzene rings is 2. The van der Waals surface area contributed by atoms with Crippen LogP contribution in [0.2, 0.25) is 0 Å². The second-order valence-electron chi connectivity index (χ2n) is 5.63. The number of aromatic nitrogens is 4. The van der Waals surface area contributed by atoms with E-state index in [1.54, 1.807) is 31.3 Å². The van der Waals surface area contributed by atoms with Crippen molar-refractivity contribution in [3.63, 3.8) is 0 Å². The number of nitrogens with one attached hydrogen (secondary N) is 1. The molecule has 0 fully saturated rings. The molecule has 0 bridgehead atoms. The molecule has 0 saturated heterocycles. The van der Waals surface area contributed by atoms with E-state index in [-0.39, 0.29) is 12.0 Å². The highest BCUT2D eigenvalue weighted by Gasteiger charge is 2.30. The number of hydrogen-bond donors (Lipinski definition) is 1. The Bertz CT molecular complexity index is 936. The minimum absolute atomic E-state index is 0.167. The van der Waals surface area contributed by atoms with Crippen LogP contribution in [0.1, 0.15) is 11.1 Å². The summed E-state index contributed by atoms with van der Waals surface area (Å²) in [6.07, 6.45) is -4.61. The lowest BCUT2D eigenvalue weighted by molar-refractivity contribution is -0.137. The Hall–Kier alpha value is -3.23. The van der Waals surface area contributed by atoms with Gasteiger partial charge in [0.1, 0.15) is 0 Å². The number of alkyl halides is 3. The molecule has 26 heavy (non-hydrogen) atoms. The van der Waals surface area contributed by atoms with Crippen LogP contribution in [0.4, 0.5) is 18.9 Å². The third-order valence-corrected chi connectivity index (χ3v) is 3.64. The second-order valence-corrected chi connectivity index (χ2v) is 5.63. The Kier molecular flexibility index (Phi) is 4.70. The van der Waals surface area contributed by atoms with Gasteiger partial charge in [0.05, 0.1) is 12.0 Å². The van der Waals surface area contributed by atoms with E-state index in [0.717, 1.165) is 12.1 Å². The van der Waals surface area contributed by atoms with Crippen molar-refractivity contribution in [2.24, 2.45) is 7.05 Å². The number of hydrogen-bond acceptors (Lipinski definition) is 4. The van der Waals surface area contributed by atoms with E-state index in [1.807, 2.05) is 0 Å². The zero-order chi connectivity index (χ0) is 18.7. The van der Waals surface area contributed by atoms with Gasteiger partial charge in [-0.25, -0.2) is 4.68 Å². The molecule has 0 aliphatic heterocycles. The summed E-state index contributed by atoms with van der Waals surface area (Å²) < 4.78 is 39.7. The number of nitrogens with zero attached hydrogens (tertiary/aromatic N) is 4. The summed E-state index contributed by atoms with van der Waals surface area (Å²) in [5, 5.41) is 13.9. The van der Waals surface area contributed by atoms with Crippen molar-refractivity contribution in [3.05, 3.63) is 59.7 Å². The highest BCUT2D eigenvalue weighted by Crippen LogP contribution is 2.29. The summed E-state index contributed by atoms with van der Waals surface area (Å²) in [7, 11) is 1.69. The van der Waals surface area contributed by atoms with Crippen molar-refractivity contribution >= 4 is 11.6 Å². The topological polar surface area (TPSA) is 72.7 Å². The number of tetrazole rings is 1. The van der Waals surface area contributed by atoms with Crippen molar-refractivity contribution in [2.75, 3.05) is 5.32 Å². The van der Waals surface area contributed by atoms with Crippen LogP contribution in [0.25, 0.3) is 11.4 Å². The monoisotopic (exact) mass is 361 g/mol. The van der Waals surface area contributed by atoms with E-state index in [1.165, 1.54) is 16.8 Å². The van der Waals surface area contributed by atoms with Gasteiger partial charge in [0.25, 0.3) is 0 Å². The number of carbonyl (C=O) groups is 1. The maximum Gasteiger partial charge on any atom is 0.416 e. The van der Waals surface area contributed by atoms with E-state index < -0.39 is 17.6 Å². The normalized spacial score (nSPS) is 11.4. The van der Waals surface area contributed by atoms with E-state index in [9.17, 15) is 18.0 Å². The summed E-state index contributed by atoms with van der Waals surface area (Å²) in [5.74, 6) is 0.108. The Balaban J connectivity index is 1.72. The maximum atomic E-state index is 12.7. The molecule has 3 aromatic rings. The molecular formula is C17H14F3N5O. The van der Waals surface area contributed by atoms with Crippen molar-refractivity contribution in [3.8, 4) is 11.4 Å². The van der Waals surface area contributed by atoms with E-state index in [2.05, 4.69) is 20.8 Å². The van der Waals surface area contributed by atoms with Crippen molar-refractivity contribution in [2.45, 2.75) is 12.6 Å². The van der Waals surface area contributed by atoms with Crippen LogP contribution >= 0.6 is 0 Å². The van der Waals surface area contributed by atoms with Crippen molar-refractivity contribution in [1.29, 1.82) is 0 Å². The first kappa shape index (κ1) is 17.6. The lowest BCUT2D eigenvalue weighted by Crippen LogP contribution is -2.15. The van der Waals surface area contributed by atoms with Crippen molar-refractivity contribution < 1.29 is 18.0 Å². The largest absolute Gasteiger partial charge is 0.416 e. The molecule has 0 unspecified atom stereocenters. The molecule has 1 heterocycles. The van der Waals surface area contributed by atoms with Gasteiger partial charge in [-0.05, 0) is 34.2 Å². The lowest BCUT2D eigenvalue weighted by atomic mass is 10.1. The van der Waals surface area contributed by atoms with Gasteiger partial charge in [-0.2, -0.15) is 13.2 Å². The van der Waals surface area contributed by atoms with Gasteiger partial charge >= 0.3 is 6.18 Å². The third-order valence-electron chi connectivity index (χ3n) is 3.64. The number of carbonyl (C=O) groups excluding carboxylic acids is 1. The lowest BCUT2D eigenvalue weighted by Gasteiger charge is -2.10. The second kappa shape index (κ2) is 6.95. The molecule has 3 rings (SSSR count). The molecule has 0 radical (unpaired) electrons. The Morgan fingerprint density at radius 1 is 1.15 bits per heavy atom. The van der Waals surface area contributed by atoms with Gasteiger partial charge in [0, 0.05) is 18.3 Å². The van der Waals surface area contributed by atoms with E-state index in [0.29, 0.717) is 17.1 Å². The first-order valence-electron chi connectivity index (χ1n) is 7.62. The molecule has 0 atom stereocenters. The Labute approximate surface area is 146 Å². The minimum Gasteiger partial charge on any atom is -0.326 e. The van der Waals surface area contributed by atoms with Crippen molar-refractivity contribution in [1.82, 2.24) is 20.2 Å². The number of aryl methyl sites for hydroxylation is 1. The SMILES string of the molecule is Cn1nnnc1-c1cccc(NC(=O)Cc2cccc(C(F)(F)F)c2)c1. The van der Waals surface area contributed by atoms with Gasteiger partial charge in [-0.3, -0.25) is 4.79 Å². The van der Waals surface area contributed by atoms with Crippen LogP contribution < -0.4 is 5.32 Å². The number of amides is 1. The van der Waals surface area contributed by atoms with Gasteiger partial charge < -0.3 is 5.32 Å². The Morgan fingerprint density at radius 2 is 1.92 bits per heavy atom. The maximum absolute atomic E-state index is 12.7. The average Bonchev–Trinajstić information content (AvgIpc) is 3.00. The van der Waals surface area contributed by atoms with Crippen LogP contribution in [-0.4, -0.2) is 26.1 Å². The summed E-state index contributed by atoms with van der Waals surface area (Å²) in [6, 6.07) is 11.6. The summed E-state index contributed by atoms with van der Waals surface area (Å²) in [5.41, 5.74) is 0.711. The molecule has 0 spiro atoms. The van der Waals surface area contributed by atoms with E-state index in [4.69, 9.17) is 0 Å². The smallest absolute Gasteiger partial charge is 0.326 e. The molecule has 134 valence electrons. The molecule has 2 aromatic carbocycles. The van der Waals surface area contributed by atoms with Gasteiger partial charge in [-0.15, -0.1) is 5.10 Å². The predicted octanol–water partition coefficient (Wildman–Crippen LogP) is 3.08. The summed E-state index contributed by atoms with van der Waals surface area (Å²) in [4.78, 5) is 12.2. The highest BCUT2D eigenvalue weighted by molar-refractivity contribution is 5.92. The van der Waals surface area contributed by atoms with Gasteiger partial charge in [0.15, 0.2) is 5.82 Å². The molecule has 6 nitrogen and oxygen atoms in total. The fraction of sp³-hybridized carbons (Fsp3) is 0.176. The average molecular weight is 361 g/mol. The number of rotatable bonds is 4. The third kappa shape index (κ3) is 4.05. The predicted molar refractivity (Wildman–Crippen MR) is 88.0 cm³/mol. The van der Waals surface area contributed by atoms with Crippen LogP contribution in [0.5, 0.6) is 0 Å². The molecule has 1 N–H and O–H groups in total. The van der Waals surface area contributed by atoms with Crippen LogP contribution in [0.3, 0.4) is 0 Å². The molecular weight excluding hydrogens is 347 g/mol. The van der Waals surface area contributed by atoms with Crippen LogP contribution in [-0.2, 0) is 24.4 Å². The first-order valence-corrected chi connectivity index (χ1v) is 7.62. The zero-order valence-corrected chi connectivity index (χ0v) is 13.7. The molecule has 0 aliphatic rings. The van der Waals surface area contributed by atoms with Gasteiger partial charge in [-0.1, -0.05) is 30.3 Å². The quantitative estimate of drug-likeness (QED) is 0.775. The molecule has 9 heteroatoms. The standard InChI is InChI=1S/C17H14F3N5O/c1-25-16(22-23-24-25)12-5-3-7-14(10-12)21-15(26)9-11-4-2-6-13(8-11)17(18,19)20/h2-8,10H,9H2,1H3,(H,21,26). The summed E-state index contributed by atoms with van der Waals surface area (Å²) in [6.45, 7) is 0.